The Bertz CT molecular complexity index is 965. The second kappa shape index (κ2) is 8.39. The van der Waals surface area contributed by atoms with E-state index >= 15 is 0 Å². The molecule has 0 radical (unpaired) electrons. The minimum atomic E-state index is -0.134. The van der Waals surface area contributed by atoms with Crippen LogP contribution < -0.4 is 4.74 Å². The van der Waals surface area contributed by atoms with Gasteiger partial charge >= 0.3 is 0 Å². The first-order valence-electron chi connectivity index (χ1n) is 8.69. The molecule has 3 rings (SSSR count). The Morgan fingerprint density at radius 3 is 2.70 bits per heavy atom. The number of carbonyl (C=O) groups is 1. The van der Waals surface area contributed by atoms with E-state index in [1.807, 2.05) is 45.0 Å². The summed E-state index contributed by atoms with van der Waals surface area (Å²) in [6.07, 6.45) is 4.77. The maximum absolute atomic E-state index is 12.4. The fourth-order valence-corrected chi connectivity index (χ4v) is 3.31. The smallest absolute Gasteiger partial charge is 0.205 e. The zero-order chi connectivity index (χ0) is 19.4. The Hall–Kier alpha value is -2.60. The first kappa shape index (κ1) is 19.2. The molecule has 0 aliphatic carbocycles. The molecule has 140 valence electrons. The molecule has 5 nitrogen and oxygen atoms in total. The summed E-state index contributed by atoms with van der Waals surface area (Å²) in [4.78, 5) is 12.4. The van der Waals surface area contributed by atoms with Gasteiger partial charge in [0.05, 0.1) is 10.7 Å². The Morgan fingerprint density at radius 2 is 2.00 bits per heavy atom. The van der Waals surface area contributed by atoms with Crippen molar-refractivity contribution < 1.29 is 13.9 Å². The van der Waals surface area contributed by atoms with Gasteiger partial charge in [-0.05, 0) is 84.2 Å². The van der Waals surface area contributed by atoms with Crippen LogP contribution in [0.2, 0.25) is 0 Å². The monoisotopic (exact) mass is 428 g/mol. The van der Waals surface area contributed by atoms with E-state index in [0.29, 0.717) is 34.8 Å². The molecule has 27 heavy (non-hydrogen) atoms. The number of aryl methyl sites for hydroxylation is 3. The summed E-state index contributed by atoms with van der Waals surface area (Å²) >= 11 is 3.36. The number of ketones is 1. The van der Waals surface area contributed by atoms with Crippen LogP contribution in [0.5, 0.6) is 5.75 Å². The molecule has 2 aromatic heterocycles. The van der Waals surface area contributed by atoms with Gasteiger partial charge in [0.2, 0.25) is 5.78 Å². The highest BCUT2D eigenvalue weighted by atomic mass is 79.9. The van der Waals surface area contributed by atoms with Crippen molar-refractivity contribution >= 4 is 27.8 Å². The van der Waals surface area contributed by atoms with Crippen LogP contribution in [-0.2, 0) is 13.2 Å². The molecule has 0 unspecified atom stereocenters. The third-order valence-corrected chi connectivity index (χ3v) is 4.57. The number of allylic oxidation sites excluding steroid dienone is 1. The van der Waals surface area contributed by atoms with Crippen molar-refractivity contribution in [3.63, 3.8) is 0 Å². The Morgan fingerprint density at radius 1 is 1.26 bits per heavy atom. The van der Waals surface area contributed by atoms with Gasteiger partial charge in [-0.25, -0.2) is 0 Å². The Kier molecular flexibility index (Phi) is 5.96. The summed E-state index contributed by atoms with van der Waals surface area (Å²) in [5.41, 5.74) is 2.84. The van der Waals surface area contributed by atoms with Crippen LogP contribution in [0.25, 0.3) is 6.08 Å². The van der Waals surface area contributed by atoms with Gasteiger partial charge in [-0.3, -0.25) is 9.48 Å². The molecule has 0 bridgehead atoms. The van der Waals surface area contributed by atoms with Gasteiger partial charge in [-0.2, -0.15) is 5.10 Å². The number of ether oxygens (including phenoxy) is 1. The van der Waals surface area contributed by atoms with Crippen molar-refractivity contribution in [3.8, 4) is 5.75 Å². The lowest BCUT2D eigenvalue weighted by molar-refractivity contribution is 0.103. The summed E-state index contributed by atoms with van der Waals surface area (Å²) in [6, 6.07) is 9.74. The van der Waals surface area contributed by atoms with Crippen LogP contribution in [0.1, 0.15) is 40.1 Å². The van der Waals surface area contributed by atoms with Gasteiger partial charge in [-0.15, -0.1) is 0 Å². The lowest BCUT2D eigenvalue weighted by Gasteiger charge is -2.06. The van der Waals surface area contributed by atoms with Crippen molar-refractivity contribution in [3.05, 3.63) is 75.4 Å². The van der Waals surface area contributed by atoms with E-state index in [-0.39, 0.29) is 5.78 Å². The van der Waals surface area contributed by atoms with E-state index in [4.69, 9.17) is 9.15 Å². The van der Waals surface area contributed by atoms with E-state index in [9.17, 15) is 4.79 Å². The molecule has 0 saturated heterocycles. The summed E-state index contributed by atoms with van der Waals surface area (Å²) in [5.74, 6) is 1.97. The van der Waals surface area contributed by atoms with Crippen LogP contribution in [0.15, 0.2) is 51.5 Å². The van der Waals surface area contributed by atoms with Crippen molar-refractivity contribution in [2.75, 3.05) is 0 Å². The highest BCUT2D eigenvalue weighted by Gasteiger charge is 2.14. The van der Waals surface area contributed by atoms with Gasteiger partial charge in [-0.1, -0.05) is 6.07 Å². The van der Waals surface area contributed by atoms with Gasteiger partial charge in [0, 0.05) is 6.54 Å². The van der Waals surface area contributed by atoms with Crippen LogP contribution in [0, 0.1) is 13.8 Å². The first-order valence-corrected chi connectivity index (χ1v) is 9.49. The summed E-state index contributed by atoms with van der Waals surface area (Å²) < 4.78 is 13.9. The molecular weight excluding hydrogens is 408 g/mol. The number of hydrogen-bond acceptors (Lipinski definition) is 4. The highest BCUT2D eigenvalue weighted by Crippen LogP contribution is 2.20. The molecule has 0 saturated carbocycles. The first-order chi connectivity index (χ1) is 13.0. The largest absolute Gasteiger partial charge is 0.486 e. The average molecular weight is 429 g/mol. The lowest BCUT2D eigenvalue weighted by atomic mass is 10.1. The quantitative estimate of drug-likeness (QED) is 0.375. The fourth-order valence-electron chi connectivity index (χ4n) is 2.82. The molecular formula is C21H21BrN2O3. The van der Waals surface area contributed by atoms with Crippen LogP contribution in [-0.4, -0.2) is 15.6 Å². The van der Waals surface area contributed by atoms with Crippen LogP contribution in [0.3, 0.4) is 0 Å². The molecule has 0 aliphatic rings. The number of furan rings is 1. The average Bonchev–Trinajstić information content (AvgIpc) is 3.23. The summed E-state index contributed by atoms with van der Waals surface area (Å²) in [5, 5.41) is 4.15. The van der Waals surface area contributed by atoms with Crippen molar-refractivity contribution in [1.29, 1.82) is 0 Å². The predicted octanol–water partition coefficient (Wildman–Crippen LogP) is 5.35. The maximum atomic E-state index is 12.4. The summed E-state index contributed by atoms with van der Waals surface area (Å²) in [6.45, 7) is 6.97. The van der Waals surface area contributed by atoms with Crippen LogP contribution in [0.4, 0.5) is 0 Å². The minimum Gasteiger partial charge on any atom is -0.486 e. The van der Waals surface area contributed by atoms with E-state index in [1.54, 1.807) is 17.0 Å². The highest BCUT2D eigenvalue weighted by molar-refractivity contribution is 9.10. The molecule has 0 atom stereocenters. The number of hydrogen-bond donors (Lipinski definition) is 0. The molecule has 0 spiro atoms. The minimum absolute atomic E-state index is 0.134. The maximum Gasteiger partial charge on any atom is 0.205 e. The zero-order valence-electron chi connectivity index (χ0n) is 15.5. The third-order valence-electron chi connectivity index (χ3n) is 3.99. The van der Waals surface area contributed by atoms with E-state index < -0.39 is 0 Å². The van der Waals surface area contributed by atoms with Gasteiger partial charge in [0.1, 0.15) is 29.6 Å². The molecule has 2 heterocycles. The molecule has 1 aromatic carbocycles. The van der Waals surface area contributed by atoms with E-state index in [1.165, 1.54) is 6.08 Å². The van der Waals surface area contributed by atoms with Crippen molar-refractivity contribution in [2.45, 2.75) is 33.9 Å². The Balaban J connectivity index is 1.64. The number of nitrogens with zero attached hydrogens (tertiary/aromatic N) is 2. The van der Waals surface area contributed by atoms with Gasteiger partial charge in [0.15, 0.2) is 0 Å². The number of benzene rings is 1. The van der Waals surface area contributed by atoms with E-state index in [0.717, 1.165) is 16.9 Å². The number of carbonyl (C=O) groups excluding carboxylic acids is 1. The van der Waals surface area contributed by atoms with E-state index in [2.05, 4.69) is 27.1 Å². The standard InChI is InChI=1S/C21H21BrN2O3/c1-4-24-21(19(22)12-23-24)20(25)8-7-16-5-6-17(27-16)13-26-18-10-14(2)9-15(3)11-18/h5-12H,4,13H2,1-3H3/b8-7+. The second-order valence-electron chi connectivity index (χ2n) is 6.27. The number of halogens is 1. The third kappa shape index (κ3) is 4.77. The zero-order valence-corrected chi connectivity index (χ0v) is 17.1. The normalized spacial score (nSPS) is 11.3. The molecule has 0 amide bonds. The Labute approximate surface area is 166 Å². The summed E-state index contributed by atoms with van der Waals surface area (Å²) in [7, 11) is 0. The number of aromatic nitrogens is 2. The van der Waals surface area contributed by atoms with Crippen LogP contribution >= 0.6 is 15.9 Å². The molecule has 0 fully saturated rings. The lowest BCUT2D eigenvalue weighted by Crippen LogP contribution is -2.07. The second-order valence-corrected chi connectivity index (χ2v) is 7.12. The van der Waals surface area contributed by atoms with Crippen molar-refractivity contribution in [1.82, 2.24) is 9.78 Å². The molecule has 3 aromatic rings. The topological polar surface area (TPSA) is 57.3 Å². The van der Waals surface area contributed by atoms with Gasteiger partial charge < -0.3 is 9.15 Å². The number of rotatable bonds is 7. The predicted molar refractivity (Wildman–Crippen MR) is 108 cm³/mol. The van der Waals surface area contributed by atoms with Gasteiger partial charge in [0.25, 0.3) is 0 Å². The molecule has 0 aliphatic heterocycles. The fraction of sp³-hybridized carbons (Fsp3) is 0.238. The molecule has 6 heteroatoms. The van der Waals surface area contributed by atoms with Crippen molar-refractivity contribution in [2.24, 2.45) is 0 Å². The molecule has 0 N–H and O–H groups in total. The SMILES string of the molecule is CCn1ncc(Br)c1C(=O)/C=C/c1ccc(COc2cc(C)cc(C)c2)o1.